The summed E-state index contributed by atoms with van der Waals surface area (Å²) in [6.45, 7) is 7.32. The molecule has 0 bridgehead atoms. The molecule has 0 saturated heterocycles. The van der Waals surface area contributed by atoms with Crippen LogP contribution in [-0.4, -0.2) is 13.7 Å². The van der Waals surface area contributed by atoms with Crippen LogP contribution in [-0.2, 0) is 10.0 Å². The van der Waals surface area contributed by atoms with E-state index in [1.54, 1.807) is 6.92 Å². The standard InChI is InChI=1S/C7H16NO2S/c1-5-6(7(2,3)4)11(8,9)10/h6,8H,5H2,1-4H3. The van der Waals surface area contributed by atoms with Gasteiger partial charge in [-0.1, -0.05) is 27.7 Å². The summed E-state index contributed by atoms with van der Waals surface area (Å²) < 4.78 is 21.8. The van der Waals surface area contributed by atoms with Crippen LogP contribution in [0, 0.1) is 5.41 Å². The molecule has 3 nitrogen and oxygen atoms in total. The lowest BCUT2D eigenvalue weighted by atomic mass is 9.90. The maximum absolute atomic E-state index is 10.9. The molecule has 1 radical (unpaired) electrons. The van der Waals surface area contributed by atoms with Gasteiger partial charge in [-0.05, 0) is 11.8 Å². The normalized spacial score (nSPS) is 16.5. The van der Waals surface area contributed by atoms with Gasteiger partial charge in [-0.25, -0.2) is 8.42 Å². The maximum Gasteiger partial charge on any atom is 0.228 e. The highest BCUT2D eigenvalue weighted by atomic mass is 32.2. The first-order valence-corrected chi connectivity index (χ1v) is 5.22. The largest absolute Gasteiger partial charge is 0.228 e. The highest BCUT2D eigenvalue weighted by molar-refractivity contribution is 7.89. The Kier molecular flexibility index (Phi) is 3.08. The van der Waals surface area contributed by atoms with Crippen LogP contribution < -0.4 is 5.14 Å². The molecule has 0 amide bonds. The second-order valence-electron chi connectivity index (χ2n) is 3.81. The molecule has 0 heterocycles. The molecule has 0 spiro atoms. The Bertz CT molecular complexity index is 213. The van der Waals surface area contributed by atoms with Crippen LogP contribution in [0.2, 0.25) is 0 Å². The minimum absolute atomic E-state index is 0.324. The minimum atomic E-state index is -3.62. The number of sulfonamides is 1. The zero-order chi connectivity index (χ0) is 9.28. The van der Waals surface area contributed by atoms with E-state index >= 15 is 0 Å². The Morgan fingerprint density at radius 2 is 1.73 bits per heavy atom. The second-order valence-corrected chi connectivity index (χ2v) is 5.47. The molecule has 1 N–H and O–H groups in total. The van der Waals surface area contributed by atoms with Crippen molar-refractivity contribution >= 4 is 10.0 Å². The van der Waals surface area contributed by atoms with Gasteiger partial charge in [0.05, 0.1) is 5.25 Å². The summed E-state index contributed by atoms with van der Waals surface area (Å²) in [7, 11) is -3.62. The van der Waals surface area contributed by atoms with Crippen molar-refractivity contribution < 1.29 is 8.42 Å². The summed E-state index contributed by atoms with van der Waals surface area (Å²) in [6, 6.07) is 0. The molecule has 0 aromatic rings. The molecule has 0 rings (SSSR count). The van der Waals surface area contributed by atoms with Gasteiger partial charge in [0, 0.05) is 0 Å². The third-order valence-corrected chi connectivity index (χ3v) is 3.50. The van der Waals surface area contributed by atoms with Crippen LogP contribution in [0.15, 0.2) is 0 Å². The van der Waals surface area contributed by atoms with Crippen LogP contribution in [0.25, 0.3) is 0 Å². The van der Waals surface area contributed by atoms with E-state index in [0.717, 1.165) is 0 Å². The molecular weight excluding hydrogens is 162 g/mol. The third kappa shape index (κ3) is 3.20. The molecule has 4 heteroatoms. The van der Waals surface area contributed by atoms with Crippen LogP contribution >= 0.6 is 0 Å². The quantitative estimate of drug-likeness (QED) is 0.642. The predicted molar refractivity (Wildman–Crippen MR) is 45.6 cm³/mol. The Morgan fingerprint density at radius 1 is 1.36 bits per heavy atom. The SMILES string of the molecule is CCC(C(C)(C)C)S([NH])(=O)=O. The molecule has 0 fully saturated rings. The van der Waals surface area contributed by atoms with E-state index in [9.17, 15) is 8.42 Å². The van der Waals surface area contributed by atoms with E-state index in [0.29, 0.717) is 6.42 Å². The fourth-order valence-electron chi connectivity index (χ4n) is 1.30. The van der Waals surface area contributed by atoms with E-state index in [1.807, 2.05) is 20.8 Å². The molecule has 0 aliphatic rings. The summed E-state index contributed by atoms with van der Waals surface area (Å²) in [5, 5.41) is 6.37. The fourth-order valence-corrected chi connectivity index (χ4v) is 2.67. The maximum atomic E-state index is 10.9. The summed E-state index contributed by atoms with van der Waals surface area (Å²) in [5.74, 6) is 0. The van der Waals surface area contributed by atoms with Crippen molar-refractivity contribution in [3.63, 3.8) is 0 Å². The molecule has 11 heavy (non-hydrogen) atoms. The van der Waals surface area contributed by atoms with E-state index in [2.05, 4.69) is 0 Å². The van der Waals surface area contributed by atoms with Gasteiger partial charge in [-0.2, -0.15) is 0 Å². The molecule has 0 aliphatic carbocycles. The lowest BCUT2D eigenvalue weighted by molar-refractivity contribution is 0.369. The molecule has 1 atom stereocenters. The molecule has 0 aliphatic heterocycles. The lowest BCUT2D eigenvalue weighted by Crippen LogP contribution is -2.34. The van der Waals surface area contributed by atoms with Crippen molar-refractivity contribution in [3.05, 3.63) is 0 Å². The minimum Gasteiger partial charge on any atom is -0.211 e. The zero-order valence-electron chi connectivity index (χ0n) is 7.51. The number of rotatable bonds is 2. The van der Waals surface area contributed by atoms with Gasteiger partial charge < -0.3 is 0 Å². The van der Waals surface area contributed by atoms with Gasteiger partial charge in [-0.3, -0.25) is 0 Å². The molecule has 0 saturated carbocycles. The molecule has 67 valence electrons. The van der Waals surface area contributed by atoms with Crippen LogP contribution in [0.3, 0.4) is 0 Å². The Balaban J connectivity index is 4.72. The Morgan fingerprint density at radius 3 is 1.73 bits per heavy atom. The van der Waals surface area contributed by atoms with Gasteiger partial charge >= 0.3 is 0 Å². The molecular formula is C7H16NO2S. The number of hydrogen-bond acceptors (Lipinski definition) is 2. The van der Waals surface area contributed by atoms with Crippen molar-refractivity contribution in [1.82, 2.24) is 5.14 Å². The predicted octanol–water partition coefficient (Wildman–Crippen LogP) is 1.42. The van der Waals surface area contributed by atoms with Crippen molar-refractivity contribution in [2.24, 2.45) is 5.41 Å². The van der Waals surface area contributed by atoms with Gasteiger partial charge in [0.15, 0.2) is 0 Å². The lowest BCUT2D eigenvalue weighted by Gasteiger charge is -2.26. The van der Waals surface area contributed by atoms with E-state index < -0.39 is 15.3 Å². The summed E-state index contributed by atoms with van der Waals surface area (Å²) in [6.07, 6.45) is 0.509. The van der Waals surface area contributed by atoms with Crippen molar-refractivity contribution in [1.29, 1.82) is 0 Å². The number of hydrogen-bond donors (Lipinski definition) is 0. The van der Waals surface area contributed by atoms with Crippen LogP contribution in [0.4, 0.5) is 0 Å². The summed E-state index contributed by atoms with van der Waals surface area (Å²) in [5.41, 5.74) is -0.324. The highest BCUT2D eigenvalue weighted by Crippen LogP contribution is 2.26. The van der Waals surface area contributed by atoms with E-state index in [-0.39, 0.29) is 5.41 Å². The van der Waals surface area contributed by atoms with E-state index in [1.165, 1.54) is 0 Å². The molecule has 0 aromatic heterocycles. The smallest absolute Gasteiger partial charge is 0.211 e. The van der Waals surface area contributed by atoms with Gasteiger partial charge in [0.25, 0.3) is 0 Å². The number of nitrogens with one attached hydrogen (secondary N) is 1. The monoisotopic (exact) mass is 178 g/mol. The molecule has 0 aromatic carbocycles. The third-order valence-electron chi connectivity index (χ3n) is 1.71. The first kappa shape index (κ1) is 10.9. The Labute approximate surface area is 69.0 Å². The van der Waals surface area contributed by atoms with Crippen molar-refractivity contribution in [3.8, 4) is 0 Å². The zero-order valence-corrected chi connectivity index (χ0v) is 8.33. The summed E-state index contributed by atoms with van der Waals surface area (Å²) in [4.78, 5) is 0. The van der Waals surface area contributed by atoms with Gasteiger partial charge in [0.2, 0.25) is 10.0 Å². The van der Waals surface area contributed by atoms with Gasteiger partial charge in [-0.15, -0.1) is 5.14 Å². The average Bonchev–Trinajstić information content (AvgIpc) is 1.56. The Hall–Kier alpha value is -0.0900. The van der Waals surface area contributed by atoms with Crippen LogP contribution in [0.5, 0.6) is 0 Å². The van der Waals surface area contributed by atoms with Crippen molar-refractivity contribution in [2.45, 2.75) is 39.4 Å². The molecule has 1 unspecified atom stereocenters. The first-order chi connectivity index (χ1) is 4.69. The fraction of sp³-hybridized carbons (Fsp3) is 1.00. The van der Waals surface area contributed by atoms with Crippen molar-refractivity contribution in [2.75, 3.05) is 0 Å². The topological polar surface area (TPSA) is 57.9 Å². The van der Waals surface area contributed by atoms with E-state index in [4.69, 9.17) is 5.14 Å². The van der Waals surface area contributed by atoms with Gasteiger partial charge in [0.1, 0.15) is 0 Å². The van der Waals surface area contributed by atoms with Crippen LogP contribution in [0.1, 0.15) is 34.1 Å². The average molecular weight is 178 g/mol. The first-order valence-electron chi connectivity index (χ1n) is 3.68. The highest BCUT2D eigenvalue weighted by Gasteiger charge is 2.32. The second kappa shape index (κ2) is 3.11. The summed E-state index contributed by atoms with van der Waals surface area (Å²) >= 11 is 0.